The Balaban J connectivity index is 2.50. The largest absolute Gasteiger partial charge is 0.398 e. The molecule has 0 fully saturated rings. The standard InChI is InChI=1S/C16H20N4O/c1-3-20(4-2)12-5-6-14(17)13(10-12)15-9-11(16(18)21)7-8-19-15/h5-10H,3-4,17H2,1-2H3,(H2,18,21). The van der Waals surface area contributed by atoms with Gasteiger partial charge in [-0.1, -0.05) is 0 Å². The minimum atomic E-state index is -0.475. The molecule has 5 heteroatoms. The summed E-state index contributed by atoms with van der Waals surface area (Å²) in [5, 5.41) is 0. The Labute approximate surface area is 124 Å². The van der Waals surface area contributed by atoms with Crippen molar-refractivity contribution in [1.29, 1.82) is 0 Å². The van der Waals surface area contributed by atoms with Crippen LogP contribution in [-0.4, -0.2) is 24.0 Å². The molecule has 1 amide bonds. The van der Waals surface area contributed by atoms with Crippen molar-refractivity contribution in [2.75, 3.05) is 23.7 Å². The highest BCUT2D eigenvalue weighted by Gasteiger charge is 2.10. The van der Waals surface area contributed by atoms with E-state index in [0.717, 1.165) is 24.3 Å². The first-order valence-corrected chi connectivity index (χ1v) is 6.97. The van der Waals surface area contributed by atoms with Crippen molar-refractivity contribution >= 4 is 17.3 Å². The summed E-state index contributed by atoms with van der Waals surface area (Å²) in [7, 11) is 0. The zero-order valence-corrected chi connectivity index (χ0v) is 12.3. The van der Waals surface area contributed by atoms with E-state index in [9.17, 15) is 4.79 Å². The van der Waals surface area contributed by atoms with Gasteiger partial charge in [0, 0.05) is 41.8 Å². The molecule has 0 atom stereocenters. The molecule has 0 saturated heterocycles. The maximum absolute atomic E-state index is 11.3. The molecule has 0 saturated carbocycles. The number of amides is 1. The van der Waals surface area contributed by atoms with Crippen molar-refractivity contribution in [2.45, 2.75) is 13.8 Å². The van der Waals surface area contributed by atoms with Crippen LogP contribution in [0.2, 0.25) is 0 Å². The number of nitrogens with zero attached hydrogens (tertiary/aromatic N) is 2. The lowest BCUT2D eigenvalue weighted by Crippen LogP contribution is -2.21. The molecule has 2 aromatic rings. The lowest BCUT2D eigenvalue weighted by atomic mass is 10.1. The Morgan fingerprint density at radius 1 is 1.19 bits per heavy atom. The Morgan fingerprint density at radius 3 is 2.52 bits per heavy atom. The smallest absolute Gasteiger partial charge is 0.248 e. The number of carbonyl (C=O) groups is 1. The number of aromatic nitrogens is 1. The number of primary amides is 1. The zero-order valence-electron chi connectivity index (χ0n) is 12.3. The molecular formula is C16H20N4O. The molecule has 0 aliphatic heterocycles. The van der Waals surface area contributed by atoms with Crippen molar-refractivity contribution in [1.82, 2.24) is 4.98 Å². The van der Waals surface area contributed by atoms with E-state index in [2.05, 4.69) is 23.7 Å². The number of carbonyl (C=O) groups excluding carboxylic acids is 1. The zero-order chi connectivity index (χ0) is 15.4. The molecule has 0 spiro atoms. The van der Waals surface area contributed by atoms with Crippen molar-refractivity contribution in [2.24, 2.45) is 5.73 Å². The second kappa shape index (κ2) is 6.26. The van der Waals surface area contributed by atoms with Crippen molar-refractivity contribution in [3.63, 3.8) is 0 Å². The topological polar surface area (TPSA) is 85.2 Å². The molecular weight excluding hydrogens is 264 g/mol. The van der Waals surface area contributed by atoms with E-state index < -0.39 is 5.91 Å². The second-order valence-corrected chi connectivity index (χ2v) is 4.74. The first kappa shape index (κ1) is 14.8. The first-order chi connectivity index (χ1) is 10.1. The van der Waals surface area contributed by atoms with Crippen LogP contribution in [0.5, 0.6) is 0 Å². The quantitative estimate of drug-likeness (QED) is 0.825. The average molecular weight is 284 g/mol. The number of nitrogens with two attached hydrogens (primary N) is 2. The van der Waals surface area contributed by atoms with Gasteiger partial charge in [0.05, 0.1) is 5.69 Å². The number of hydrogen-bond acceptors (Lipinski definition) is 4. The fourth-order valence-electron chi connectivity index (χ4n) is 2.28. The average Bonchev–Trinajstić information content (AvgIpc) is 2.50. The van der Waals surface area contributed by atoms with Gasteiger partial charge in [0.2, 0.25) is 5.91 Å². The molecule has 4 N–H and O–H groups in total. The van der Waals surface area contributed by atoms with E-state index in [-0.39, 0.29) is 0 Å². The normalized spacial score (nSPS) is 10.4. The van der Waals surface area contributed by atoms with Crippen molar-refractivity contribution in [3.8, 4) is 11.3 Å². The molecule has 21 heavy (non-hydrogen) atoms. The van der Waals surface area contributed by atoms with Crippen molar-refractivity contribution in [3.05, 3.63) is 42.1 Å². The van der Waals surface area contributed by atoms with Gasteiger partial charge in [-0.25, -0.2) is 0 Å². The minimum absolute atomic E-state index is 0.424. The van der Waals surface area contributed by atoms with Crippen LogP contribution in [0.3, 0.4) is 0 Å². The lowest BCUT2D eigenvalue weighted by Gasteiger charge is -2.22. The number of benzene rings is 1. The number of pyridine rings is 1. The molecule has 2 rings (SSSR count). The van der Waals surface area contributed by atoms with E-state index in [1.807, 2.05) is 18.2 Å². The molecule has 1 aromatic carbocycles. The van der Waals surface area contributed by atoms with Gasteiger partial charge in [-0.05, 0) is 44.2 Å². The first-order valence-electron chi connectivity index (χ1n) is 6.97. The van der Waals surface area contributed by atoms with E-state index >= 15 is 0 Å². The van der Waals surface area contributed by atoms with Gasteiger partial charge in [0.15, 0.2) is 0 Å². The molecule has 0 aliphatic rings. The number of anilines is 2. The Kier molecular flexibility index (Phi) is 4.42. The molecule has 0 radical (unpaired) electrons. The van der Waals surface area contributed by atoms with Crippen LogP contribution in [0, 0.1) is 0 Å². The van der Waals surface area contributed by atoms with Crippen LogP contribution in [-0.2, 0) is 0 Å². The van der Waals surface area contributed by atoms with E-state index in [1.54, 1.807) is 18.3 Å². The van der Waals surface area contributed by atoms with Gasteiger partial charge in [-0.15, -0.1) is 0 Å². The molecule has 0 aliphatic carbocycles. The molecule has 0 unspecified atom stereocenters. The van der Waals surface area contributed by atoms with Crippen LogP contribution < -0.4 is 16.4 Å². The highest BCUT2D eigenvalue weighted by Crippen LogP contribution is 2.29. The Bertz CT molecular complexity index is 650. The van der Waals surface area contributed by atoms with Gasteiger partial charge < -0.3 is 16.4 Å². The fourth-order valence-corrected chi connectivity index (χ4v) is 2.28. The van der Waals surface area contributed by atoms with Gasteiger partial charge in [-0.2, -0.15) is 0 Å². The highest BCUT2D eigenvalue weighted by atomic mass is 16.1. The maximum Gasteiger partial charge on any atom is 0.248 e. The lowest BCUT2D eigenvalue weighted by molar-refractivity contribution is 0.1000. The summed E-state index contributed by atoms with van der Waals surface area (Å²) >= 11 is 0. The maximum atomic E-state index is 11.3. The number of hydrogen-bond donors (Lipinski definition) is 2. The van der Waals surface area contributed by atoms with Gasteiger partial charge >= 0.3 is 0 Å². The SMILES string of the molecule is CCN(CC)c1ccc(N)c(-c2cc(C(N)=O)ccn2)c1. The van der Waals surface area contributed by atoms with E-state index in [0.29, 0.717) is 16.9 Å². The van der Waals surface area contributed by atoms with Gasteiger partial charge in [0.25, 0.3) is 0 Å². The predicted molar refractivity (Wildman–Crippen MR) is 86.2 cm³/mol. The Hall–Kier alpha value is -2.56. The molecule has 1 aromatic heterocycles. The summed E-state index contributed by atoms with van der Waals surface area (Å²) in [5.74, 6) is -0.475. The molecule has 1 heterocycles. The minimum Gasteiger partial charge on any atom is -0.398 e. The highest BCUT2D eigenvalue weighted by molar-refractivity contribution is 5.94. The molecule has 5 nitrogen and oxygen atoms in total. The Morgan fingerprint density at radius 2 is 1.90 bits per heavy atom. The van der Waals surface area contributed by atoms with Crippen LogP contribution in [0.15, 0.2) is 36.5 Å². The second-order valence-electron chi connectivity index (χ2n) is 4.74. The fraction of sp³-hybridized carbons (Fsp3) is 0.250. The molecule has 110 valence electrons. The summed E-state index contributed by atoms with van der Waals surface area (Å²) < 4.78 is 0. The summed E-state index contributed by atoms with van der Waals surface area (Å²) in [6.07, 6.45) is 1.57. The predicted octanol–water partition coefficient (Wildman–Crippen LogP) is 2.28. The van der Waals surface area contributed by atoms with Gasteiger partial charge in [0.1, 0.15) is 0 Å². The monoisotopic (exact) mass is 284 g/mol. The molecule has 0 bridgehead atoms. The third kappa shape index (κ3) is 3.13. The summed E-state index contributed by atoms with van der Waals surface area (Å²) in [6, 6.07) is 9.11. The van der Waals surface area contributed by atoms with Crippen LogP contribution in [0.4, 0.5) is 11.4 Å². The number of rotatable bonds is 5. The van der Waals surface area contributed by atoms with E-state index in [1.165, 1.54) is 0 Å². The van der Waals surface area contributed by atoms with Crippen LogP contribution >= 0.6 is 0 Å². The van der Waals surface area contributed by atoms with Crippen LogP contribution in [0.1, 0.15) is 24.2 Å². The van der Waals surface area contributed by atoms with E-state index in [4.69, 9.17) is 11.5 Å². The van der Waals surface area contributed by atoms with Gasteiger partial charge in [-0.3, -0.25) is 9.78 Å². The van der Waals surface area contributed by atoms with Crippen molar-refractivity contribution < 1.29 is 4.79 Å². The third-order valence-electron chi connectivity index (χ3n) is 3.49. The summed E-state index contributed by atoms with van der Waals surface area (Å²) in [6.45, 7) is 6.03. The summed E-state index contributed by atoms with van der Waals surface area (Å²) in [5.41, 5.74) is 15.0. The van der Waals surface area contributed by atoms with Crippen LogP contribution in [0.25, 0.3) is 11.3 Å². The third-order valence-corrected chi connectivity index (χ3v) is 3.49. The summed E-state index contributed by atoms with van der Waals surface area (Å²) in [4.78, 5) is 17.8. The number of nitrogen functional groups attached to an aromatic ring is 1.